The first kappa shape index (κ1) is 13.8. The van der Waals surface area contributed by atoms with Gasteiger partial charge in [-0.05, 0) is 32.0 Å². The summed E-state index contributed by atoms with van der Waals surface area (Å²) < 4.78 is 1.79. The van der Waals surface area contributed by atoms with E-state index >= 15 is 0 Å². The van der Waals surface area contributed by atoms with E-state index in [1.54, 1.807) is 10.9 Å². The number of aromatic nitrogens is 3. The van der Waals surface area contributed by atoms with Crippen LogP contribution in [0.5, 0.6) is 0 Å². The van der Waals surface area contributed by atoms with Crippen LogP contribution in [0.1, 0.15) is 17.8 Å². The Kier molecular flexibility index (Phi) is 3.96. The molecule has 0 spiro atoms. The minimum absolute atomic E-state index is 0.0449. The van der Waals surface area contributed by atoms with Crippen LogP contribution in [0.25, 0.3) is 0 Å². The molecule has 3 rings (SSSR count). The van der Waals surface area contributed by atoms with E-state index in [4.69, 9.17) is 0 Å². The molecule has 1 aliphatic heterocycles. The highest BCUT2D eigenvalue weighted by Crippen LogP contribution is 2.15. The van der Waals surface area contributed by atoms with Gasteiger partial charge in [0.05, 0.1) is 23.9 Å². The van der Waals surface area contributed by atoms with Crippen molar-refractivity contribution < 1.29 is 4.79 Å². The molecule has 1 amide bonds. The second kappa shape index (κ2) is 6.05. The maximum atomic E-state index is 12.2. The number of aryl methyl sites for hydroxylation is 1. The standard InChI is InChI=1S/C15H19N5O/c1-11-8-14(18-15(21)12-5-7-16-9-12)20(19-11)10-13-4-2-3-6-17-13/h2-4,6,8,12,16H,5,7,9-10H2,1H3,(H,18,21)/t12-/m0/s1. The molecule has 6 heteroatoms. The topological polar surface area (TPSA) is 71.8 Å². The first-order valence-electron chi connectivity index (χ1n) is 7.18. The van der Waals surface area contributed by atoms with Gasteiger partial charge in [0.2, 0.25) is 5.91 Å². The summed E-state index contributed by atoms with van der Waals surface area (Å²) in [5.41, 5.74) is 1.80. The number of rotatable bonds is 4. The minimum Gasteiger partial charge on any atom is -0.316 e. The lowest BCUT2D eigenvalue weighted by Crippen LogP contribution is -2.26. The van der Waals surface area contributed by atoms with Gasteiger partial charge in [-0.15, -0.1) is 0 Å². The Morgan fingerprint density at radius 1 is 1.52 bits per heavy atom. The van der Waals surface area contributed by atoms with E-state index in [2.05, 4.69) is 20.7 Å². The van der Waals surface area contributed by atoms with Crippen LogP contribution in [-0.2, 0) is 11.3 Å². The molecule has 1 aliphatic rings. The Labute approximate surface area is 123 Å². The summed E-state index contributed by atoms with van der Waals surface area (Å²) >= 11 is 0. The van der Waals surface area contributed by atoms with Crippen LogP contribution in [0.3, 0.4) is 0 Å². The molecule has 1 atom stereocenters. The van der Waals surface area contributed by atoms with E-state index in [9.17, 15) is 4.79 Å². The number of carbonyl (C=O) groups is 1. The van der Waals surface area contributed by atoms with E-state index in [-0.39, 0.29) is 11.8 Å². The maximum Gasteiger partial charge on any atom is 0.229 e. The Balaban J connectivity index is 1.74. The second-order valence-corrected chi connectivity index (χ2v) is 5.33. The summed E-state index contributed by atoms with van der Waals surface area (Å²) in [5.74, 6) is 0.834. The predicted molar refractivity (Wildman–Crippen MR) is 79.9 cm³/mol. The Morgan fingerprint density at radius 2 is 2.43 bits per heavy atom. The van der Waals surface area contributed by atoms with Crippen LogP contribution < -0.4 is 10.6 Å². The number of hydrogen-bond acceptors (Lipinski definition) is 4. The molecule has 0 radical (unpaired) electrons. The van der Waals surface area contributed by atoms with Crippen LogP contribution in [0.15, 0.2) is 30.5 Å². The average Bonchev–Trinajstić information content (AvgIpc) is 3.11. The smallest absolute Gasteiger partial charge is 0.229 e. The van der Waals surface area contributed by atoms with Gasteiger partial charge >= 0.3 is 0 Å². The number of carbonyl (C=O) groups excluding carboxylic acids is 1. The second-order valence-electron chi connectivity index (χ2n) is 5.33. The van der Waals surface area contributed by atoms with Gasteiger partial charge in [-0.1, -0.05) is 6.07 Å². The van der Waals surface area contributed by atoms with Crippen LogP contribution in [0.4, 0.5) is 5.82 Å². The molecule has 3 heterocycles. The van der Waals surface area contributed by atoms with Crippen molar-refractivity contribution in [2.75, 3.05) is 18.4 Å². The van der Waals surface area contributed by atoms with E-state index in [1.807, 2.05) is 31.2 Å². The van der Waals surface area contributed by atoms with Crippen molar-refractivity contribution in [2.45, 2.75) is 19.9 Å². The van der Waals surface area contributed by atoms with E-state index in [1.165, 1.54) is 0 Å². The molecule has 1 fully saturated rings. The van der Waals surface area contributed by atoms with Crippen molar-refractivity contribution in [3.05, 3.63) is 41.9 Å². The van der Waals surface area contributed by atoms with E-state index in [0.29, 0.717) is 6.54 Å². The molecule has 2 N–H and O–H groups in total. The van der Waals surface area contributed by atoms with Crippen molar-refractivity contribution >= 4 is 11.7 Å². The van der Waals surface area contributed by atoms with Gasteiger partial charge in [-0.3, -0.25) is 9.78 Å². The van der Waals surface area contributed by atoms with Gasteiger partial charge < -0.3 is 10.6 Å². The molecule has 2 aromatic heterocycles. The monoisotopic (exact) mass is 285 g/mol. The molecular weight excluding hydrogens is 266 g/mol. The van der Waals surface area contributed by atoms with Gasteiger partial charge in [-0.2, -0.15) is 5.10 Å². The van der Waals surface area contributed by atoms with Crippen LogP contribution >= 0.6 is 0 Å². The summed E-state index contributed by atoms with van der Waals surface area (Å²) in [6.07, 6.45) is 2.65. The number of amides is 1. The number of pyridine rings is 1. The zero-order valence-electron chi connectivity index (χ0n) is 12.0. The van der Waals surface area contributed by atoms with Crippen molar-refractivity contribution in [1.82, 2.24) is 20.1 Å². The normalized spacial score (nSPS) is 17.9. The number of hydrogen-bond donors (Lipinski definition) is 2. The molecular formula is C15H19N5O. The van der Waals surface area contributed by atoms with Gasteiger partial charge in [0.25, 0.3) is 0 Å². The molecule has 0 aliphatic carbocycles. The predicted octanol–water partition coefficient (Wildman–Crippen LogP) is 1.18. The molecule has 2 aromatic rings. The molecule has 21 heavy (non-hydrogen) atoms. The third-order valence-corrected chi connectivity index (χ3v) is 3.62. The maximum absolute atomic E-state index is 12.2. The number of nitrogens with one attached hydrogen (secondary N) is 2. The fraction of sp³-hybridized carbons (Fsp3) is 0.400. The van der Waals surface area contributed by atoms with Crippen molar-refractivity contribution in [2.24, 2.45) is 5.92 Å². The third-order valence-electron chi connectivity index (χ3n) is 3.62. The Morgan fingerprint density at radius 3 is 3.14 bits per heavy atom. The lowest BCUT2D eigenvalue weighted by atomic mass is 10.1. The van der Waals surface area contributed by atoms with Gasteiger partial charge in [0.15, 0.2) is 0 Å². The highest BCUT2D eigenvalue weighted by atomic mass is 16.2. The quantitative estimate of drug-likeness (QED) is 0.885. The summed E-state index contributed by atoms with van der Waals surface area (Å²) in [7, 11) is 0. The largest absolute Gasteiger partial charge is 0.316 e. The van der Waals surface area contributed by atoms with Crippen molar-refractivity contribution in [1.29, 1.82) is 0 Å². The fourth-order valence-electron chi connectivity index (χ4n) is 2.52. The fourth-order valence-corrected chi connectivity index (χ4v) is 2.52. The SMILES string of the molecule is Cc1cc(NC(=O)[C@H]2CCNC2)n(Cc2ccccn2)n1. The van der Waals surface area contributed by atoms with Crippen LogP contribution in [-0.4, -0.2) is 33.8 Å². The van der Waals surface area contributed by atoms with Crippen molar-refractivity contribution in [3.8, 4) is 0 Å². The minimum atomic E-state index is 0.0449. The van der Waals surface area contributed by atoms with Crippen molar-refractivity contribution in [3.63, 3.8) is 0 Å². The van der Waals surface area contributed by atoms with Gasteiger partial charge in [-0.25, -0.2) is 4.68 Å². The first-order valence-corrected chi connectivity index (χ1v) is 7.18. The van der Waals surface area contributed by atoms with Crippen LogP contribution in [0.2, 0.25) is 0 Å². The zero-order chi connectivity index (χ0) is 14.7. The molecule has 0 aromatic carbocycles. The average molecular weight is 285 g/mol. The molecule has 0 saturated carbocycles. The number of anilines is 1. The molecule has 0 unspecified atom stereocenters. The van der Waals surface area contributed by atoms with Crippen LogP contribution in [0, 0.1) is 12.8 Å². The summed E-state index contributed by atoms with van der Waals surface area (Å²) in [4.78, 5) is 16.5. The highest BCUT2D eigenvalue weighted by molar-refractivity contribution is 5.92. The number of nitrogens with zero attached hydrogens (tertiary/aromatic N) is 3. The summed E-state index contributed by atoms with van der Waals surface area (Å²) in [5, 5.41) is 10.6. The highest BCUT2D eigenvalue weighted by Gasteiger charge is 2.23. The summed E-state index contributed by atoms with van der Waals surface area (Å²) in [6.45, 7) is 4.12. The molecule has 0 bridgehead atoms. The van der Waals surface area contributed by atoms with Gasteiger partial charge in [0.1, 0.15) is 5.82 Å². The molecule has 6 nitrogen and oxygen atoms in total. The molecule has 110 valence electrons. The lowest BCUT2D eigenvalue weighted by molar-refractivity contribution is -0.119. The first-order chi connectivity index (χ1) is 10.2. The van der Waals surface area contributed by atoms with Gasteiger partial charge in [0, 0.05) is 18.8 Å². The Hall–Kier alpha value is -2.21. The van der Waals surface area contributed by atoms with E-state index < -0.39 is 0 Å². The third kappa shape index (κ3) is 3.28. The Bertz CT molecular complexity index is 616. The lowest BCUT2D eigenvalue weighted by Gasteiger charge is -2.11. The zero-order valence-corrected chi connectivity index (χ0v) is 12.0. The molecule has 1 saturated heterocycles. The van der Waals surface area contributed by atoms with E-state index in [0.717, 1.165) is 36.7 Å². The summed E-state index contributed by atoms with van der Waals surface area (Å²) in [6, 6.07) is 7.67.